The molecule has 1 aliphatic rings. The Morgan fingerprint density at radius 2 is 1.79 bits per heavy atom. The highest BCUT2D eigenvalue weighted by Gasteiger charge is 2.22. The summed E-state index contributed by atoms with van der Waals surface area (Å²) >= 11 is 0. The number of hydrogen-bond acceptors (Lipinski definition) is 2. The Bertz CT molecular complexity index is 761. The number of aliphatic imine (C=N–C) groups is 1. The van der Waals surface area contributed by atoms with Crippen molar-refractivity contribution < 1.29 is 0 Å². The predicted octanol–water partition coefficient (Wildman–Crippen LogP) is 4.29. The van der Waals surface area contributed by atoms with Gasteiger partial charge >= 0.3 is 0 Å². The van der Waals surface area contributed by atoms with E-state index in [1.807, 2.05) is 18.8 Å². The number of guanidine groups is 1. The highest BCUT2D eigenvalue weighted by molar-refractivity contribution is 14.0. The van der Waals surface area contributed by atoms with E-state index in [0.29, 0.717) is 0 Å². The summed E-state index contributed by atoms with van der Waals surface area (Å²) in [6.07, 6.45) is 5.14. The molecule has 0 amide bonds. The Kier molecular flexibility index (Phi) is 8.79. The fourth-order valence-electron chi connectivity index (χ4n) is 4.13. The number of halogens is 1. The molecule has 0 radical (unpaired) electrons. The van der Waals surface area contributed by atoms with Crippen molar-refractivity contribution in [2.75, 3.05) is 13.6 Å². The Morgan fingerprint density at radius 3 is 2.36 bits per heavy atom. The van der Waals surface area contributed by atoms with Crippen LogP contribution in [-0.2, 0) is 13.6 Å². The molecule has 0 saturated heterocycles. The minimum Gasteiger partial charge on any atom is -0.356 e. The highest BCUT2D eigenvalue weighted by Crippen LogP contribution is 2.35. The average molecular weight is 495 g/mol. The number of rotatable bonds is 5. The van der Waals surface area contributed by atoms with Gasteiger partial charge in [-0.25, -0.2) is 0 Å². The zero-order valence-electron chi connectivity index (χ0n) is 17.5. The summed E-state index contributed by atoms with van der Waals surface area (Å²) in [5, 5.41) is 11.4. The number of hydrogen-bond donors (Lipinski definition) is 2. The van der Waals surface area contributed by atoms with E-state index < -0.39 is 0 Å². The van der Waals surface area contributed by atoms with Gasteiger partial charge in [0.2, 0.25) is 0 Å². The number of nitrogens with zero attached hydrogens (tertiary/aromatic N) is 3. The van der Waals surface area contributed by atoms with E-state index in [0.717, 1.165) is 36.6 Å². The lowest BCUT2D eigenvalue weighted by atomic mass is 9.79. The van der Waals surface area contributed by atoms with Crippen LogP contribution in [0.15, 0.2) is 35.3 Å². The van der Waals surface area contributed by atoms with E-state index in [4.69, 9.17) is 0 Å². The maximum absolute atomic E-state index is 4.48. The summed E-state index contributed by atoms with van der Waals surface area (Å²) < 4.78 is 1.94. The van der Waals surface area contributed by atoms with Gasteiger partial charge in [0.1, 0.15) is 0 Å². The van der Waals surface area contributed by atoms with Gasteiger partial charge in [-0.3, -0.25) is 9.67 Å². The van der Waals surface area contributed by atoms with Crippen molar-refractivity contribution in [2.45, 2.75) is 52.0 Å². The Labute approximate surface area is 186 Å². The van der Waals surface area contributed by atoms with Gasteiger partial charge in [0.15, 0.2) is 5.96 Å². The Hall–Kier alpha value is -1.57. The summed E-state index contributed by atoms with van der Waals surface area (Å²) in [5.41, 5.74) is 5.04. The molecule has 2 aromatic rings. The molecule has 28 heavy (non-hydrogen) atoms. The number of benzene rings is 1. The molecule has 1 saturated carbocycles. The first-order valence-electron chi connectivity index (χ1n) is 10.1. The molecule has 1 aromatic heterocycles. The molecule has 6 heteroatoms. The number of aromatic nitrogens is 2. The second-order valence-corrected chi connectivity index (χ2v) is 7.71. The third-order valence-corrected chi connectivity index (χ3v) is 5.99. The quantitative estimate of drug-likeness (QED) is 0.370. The van der Waals surface area contributed by atoms with Gasteiger partial charge in [-0.15, -0.1) is 24.0 Å². The third kappa shape index (κ3) is 5.72. The van der Waals surface area contributed by atoms with E-state index in [2.05, 4.69) is 64.9 Å². The van der Waals surface area contributed by atoms with Crippen molar-refractivity contribution >= 4 is 29.9 Å². The first kappa shape index (κ1) is 22.7. The lowest BCUT2D eigenvalue weighted by molar-refractivity contribution is 0.324. The van der Waals surface area contributed by atoms with Crippen LogP contribution in [0.4, 0.5) is 0 Å². The van der Waals surface area contributed by atoms with Crippen molar-refractivity contribution in [1.82, 2.24) is 20.4 Å². The second kappa shape index (κ2) is 10.8. The van der Waals surface area contributed by atoms with Crippen LogP contribution in [0.5, 0.6) is 0 Å². The minimum absolute atomic E-state index is 0. The van der Waals surface area contributed by atoms with Gasteiger partial charge in [-0.2, -0.15) is 5.10 Å². The average Bonchev–Trinajstić information content (AvgIpc) is 2.95. The molecule has 2 N–H and O–H groups in total. The topological polar surface area (TPSA) is 54.2 Å². The smallest absolute Gasteiger partial charge is 0.191 e. The van der Waals surface area contributed by atoms with Crippen LogP contribution in [0, 0.1) is 19.8 Å². The molecule has 0 aliphatic heterocycles. The van der Waals surface area contributed by atoms with Gasteiger partial charge in [-0.05, 0) is 56.9 Å². The van der Waals surface area contributed by atoms with Crippen molar-refractivity contribution in [3.63, 3.8) is 0 Å². The predicted molar refractivity (Wildman–Crippen MR) is 127 cm³/mol. The van der Waals surface area contributed by atoms with Crippen molar-refractivity contribution in [3.05, 3.63) is 52.8 Å². The van der Waals surface area contributed by atoms with Crippen molar-refractivity contribution in [1.29, 1.82) is 0 Å². The molecule has 1 aromatic carbocycles. The fourth-order valence-corrected chi connectivity index (χ4v) is 4.13. The molecular weight excluding hydrogens is 461 g/mol. The van der Waals surface area contributed by atoms with Crippen LogP contribution in [0.2, 0.25) is 0 Å². The lowest BCUT2D eigenvalue weighted by Gasteiger charge is -2.29. The third-order valence-electron chi connectivity index (χ3n) is 5.99. The van der Waals surface area contributed by atoms with E-state index in [1.165, 1.54) is 42.5 Å². The molecular formula is C22H34IN5. The molecule has 1 heterocycles. The largest absolute Gasteiger partial charge is 0.356 e. The SMILES string of the molecule is CN=C(NCc1c(C)nn(C)c1C)NCC1CCC(c2ccccc2)CC1.I. The molecule has 0 unspecified atom stereocenters. The molecule has 5 nitrogen and oxygen atoms in total. The van der Waals surface area contributed by atoms with Crippen LogP contribution in [0.3, 0.4) is 0 Å². The van der Waals surface area contributed by atoms with Gasteiger partial charge in [0.25, 0.3) is 0 Å². The molecule has 0 spiro atoms. The maximum Gasteiger partial charge on any atom is 0.191 e. The standard InChI is InChI=1S/C22H33N5.HI/c1-16-21(17(2)27(4)26-16)15-25-22(23-3)24-14-18-10-12-20(13-11-18)19-8-6-5-7-9-19;/h5-9,18,20H,10-15H2,1-4H3,(H2,23,24,25);1H. The van der Waals surface area contributed by atoms with E-state index in [-0.39, 0.29) is 24.0 Å². The molecule has 1 aliphatic carbocycles. The van der Waals surface area contributed by atoms with Crippen LogP contribution in [0.1, 0.15) is 54.1 Å². The molecule has 1 fully saturated rings. The minimum atomic E-state index is 0. The Morgan fingerprint density at radius 1 is 1.11 bits per heavy atom. The molecule has 154 valence electrons. The summed E-state index contributed by atoms with van der Waals surface area (Å²) in [6, 6.07) is 11.0. The first-order valence-corrected chi connectivity index (χ1v) is 10.1. The van der Waals surface area contributed by atoms with Crippen LogP contribution in [-0.4, -0.2) is 29.3 Å². The van der Waals surface area contributed by atoms with E-state index in [9.17, 15) is 0 Å². The Balaban J connectivity index is 0.00000280. The van der Waals surface area contributed by atoms with E-state index >= 15 is 0 Å². The fraction of sp³-hybridized carbons (Fsp3) is 0.545. The van der Waals surface area contributed by atoms with Crippen molar-refractivity contribution in [2.24, 2.45) is 18.0 Å². The first-order chi connectivity index (χ1) is 13.1. The molecule has 0 bridgehead atoms. The summed E-state index contributed by atoms with van der Waals surface area (Å²) in [7, 11) is 3.83. The van der Waals surface area contributed by atoms with Crippen molar-refractivity contribution in [3.8, 4) is 0 Å². The summed E-state index contributed by atoms with van der Waals surface area (Å²) in [6.45, 7) is 5.92. The summed E-state index contributed by atoms with van der Waals surface area (Å²) in [5.74, 6) is 2.34. The normalized spacial score (nSPS) is 19.8. The van der Waals surface area contributed by atoms with Gasteiger partial charge in [0.05, 0.1) is 5.69 Å². The summed E-state index contributed by atoms with van der Waals surface area (Å²) in [4.78, 5) is 4.38. The highest BCUT2D eigenvalue weighted by atomic mass is 127. The maximum atomic E-state index is 4.48. The second-order valence-electron chi connectivity index (χ2n) is 7.71. The zero-order valence-corrected chi connectivity index (χ0v) is 19.9. The van der Waals surface area contributed by atoms with Gasteiger partial charge in [-0.1, -0.05) is 30.3 Å². The number of aryl methyl sites for hydroxylation is 2. The molecule has 0 atom stereocenters. The van der Waals surface area contributed by atoms with Gasteiger partial charge < -0.3 is 10.6 Å². The van der Waals surface area contributed by atoms with Crippen LogP contribution in [0.25, 0.3) is 0 Å². The molecule has 3 rings (SSSR count). The van der Waals surface area contributed by atoms with Crippen LogP contribution >= 0.6 is 24.0 Å². The number of nitrogens with one attached hydrogen (secondary N) is 2. The van der Waals surface area contributed by atoms with E-state index in [1.54, 1.807) is 0 Å². The van der Waals surface area contributed by atoms with Gasteiger partial charge in [0, 0.05) is 38.4 Å². The zero-order chi connectivity index (χ0) is 19.2. The monoisotopic (exact) mass is 495 g/mol. The van der Waals surface area contributed by atoms with Crippen LogP contribution < -0.4 is 10.6 Å². The lowest BCUT2D eigenvalue weighted by Crippen LogP contribution is -2.40.